The number of rotatable bonds is 3. The highest BCUT2D eigenvalue weighted by molar-refractivity contribution is 6.57. The van der Waals surface area contributed by atoms with Crippen LogP contribution in [-0.4, -0.2) is 28.3 Å². The molecule has 0 atom stereocenters. The van der Waals surface area contributed by atoms with Gasteiger partial charge in [0.2, 0.25) is 5.88 Å². The number of pyridine rings is 1. The predicted octanol–water partition coefficient (Wildman–Crippen LogP) is -0.307. The quantitative estimate of drug-likeness (QED) is 0.646. The molecule has 1 aromatic rings. The first kappa shape index (κ1) is 9.49. The summed E-state index contributed by atoms with van der Waals surface area (Å²) in [5.41, 5.74) is 0.224. The van der Waals surface area contributed by atoms with E-state index in [4.69, 9.17) is 14.8 Å². The highest BCUT2D eigenvalue weighted by atomic mass is 16.5. The molecule has 1 aliphatic carbocycles. The molecule has 1 aliphatic rings. The molecule has 0 saturated heterocycles. The molecule has 0 amide bonds. The van der Waals surface area contributed by atoms with Crippen LogP contribution in [0.15, 0.2) is 18.2 Å². The Morgan fingerprint density at radius 3 is 2.71 bits per heavy atom. The summed E-state index contributed by atoms with van der Waals surface area (Å²) in [7, 11) is -1.53. The number of ether oxygens (including phenoxy) is 1. The van der Waals surface area contributed by atoms with Crippen LogP contribution in [0, 0.1) is 0 Å². The summed E-state index contributed by atoms with van der Waals surface area (Å²) >= 11 is 0. The van der Waals surface area contributed by atoms with E-state index in [9.17, 15) is 0 Å². The van der Waals surface area contributed by atoms with Gasteiger partial charge in [0.05, 0.1) is 5.59 Å². The van der Waals surface area contributed by atoms with Crippen molar-refractivity contribution in [2.75, 3.05) is 0 Å². The molecule has 1 heterocycles. The van der Waals surface area contributed by atoms with Crippen LogP contribution in [0.3, 0.4) is 0 Å². The molecule has 0 bridgehead atoms. The Kier molecular flexibility index (Phi) is 2.70. The summed E-state index contributed by atoms with van der Waals surface area (Å²) in [5, 5.41) is 17.8. The molecule has 0 unspecified atom stereocenters. The summed E-state index contributed by atoms with van der Waals surface area (Å²) in [6, 6.07) is 4.98. The molecule has 14 heavy (non-hydrogen) atoms. The molecule has 2 rings (SSSR count). The van der Waals surface area contributed by atoms with Gasteiger partial charge in [-0.1, -0.05) is 6.07 Å². The lowest BCUT2D eigenvalue weighted by atomic mass is 9.86. The minimum Gasteiger partial charge on any atom is -0.474 e. The first-order valence-corrected chi connectivity index (χ1v) is 4.75. The van der Waals surface area contributed by atoms with Crippen LogP contribution in [0.4, 0.5) is 0 Å². The van der Waals surface area contributed by atoms with Crippen molar-refractivity contribution in [3.8, 4) is 5.88 Å². The van der Waals surface area contributed by atoms with Gasteiger partial charge in [-0.3, -0.25) is 0 Å². The Balaban J connectivity index is 2.05. The summed E-state index contributed by atoms with van der Waals surface area (Å²) < 4.78 is 5.51. The number of hydrogen-bond donors (Lipinski definition) is 2. The predicted molar refractivity (Wildman–Crippen MR) is 52.3 cm³/mol. The maximum absolute atomic E-state index is 8.89. The van der Waals surface area contributed by atoms with Crippen LogP contribution in [0.5, 0.6) is 5.88 Å². The minimum absolute atomic E-state index is 0.224. The van der Waals surface area contributed by atoms with Gasteiger partial charge in [-0.25, -0.2) is 4.98 Å². The fraction of sp³-hybridized carbons (Fsp3) is 0.444. The average Bonchev–Trinajstić information content (AvgIpc) is 2.12. The van der Waals surface area contributed by atoms with Gasteiger partial charge < -0.3 is 14.8 Å². The van der Waals surface area contributed by atoms with Gasteiger partial charge in [-0.15, -0.1) is 0 Å². The van der Waals surface area contributed by atoms with Crippen LogP contribution in [0.1, 0.15) is 19.3 Å². The first-order valence-electron chi connectivity index (χ1n) is 4.75. The Morgan fingerprint density at radius 2 is 2.14 bits per heavy atom. The third-order valence-electron chi connectivity index (χ3n) is 2.35. The Labute approximate surface area is 82.7 Å². The highest BCUT2D eigenvalue weighted by Gasteiger charge is 2.20. The van der Waals surface area contributed by atoms with Gasteiger partial charge in [-0.05, 0) is 25.3 Å². The van der Waals surface area contributed by atoms with Crippen LogP contribution in [0.25, 0.3) is 0 Å². The van der Waals surface area contributed by atoms with Gasteiger partial charge >= 0.3 is 7.12 Å². The van der Waals surface area contributed by atoms with Crippen molar-refractivity contribution in [2.24, 2.45) is 0 Å². The normalized spacial score (nSPS) is 16.1. The summed E-state index contributed by atoms with van der Waals surface area (Å²) in [4.78, 5) is 3.97. The van der Waals surface area contributed by atoms with Crippen LogP contribution < -0.4 is 10.3 Å². The van der Waals surface area contributed by atoms with Gasteiger partial charge in [0.1, 0.15) is 6.10 Å². The molecule has 4 nitrogen and oxygen atoms in total. The van der Waals surface area contributed by atoms with E-state index in [2.05, 4.69) is 4.98 Å². The summed E-state index contributed by atoms with van der Waals surface area (Å²) in [6.45, 7) is 0. The van der Waals surface area contributed by atoms with Crippen molar-refractivity contribution in [2.45, 2.75) is 25.4 Å². The van der Waals surface area contributed by atoms with E-state index in [0.717, 1.165) is 12.8 Å². The monoisotopic (exact) mass is 193 g/mol. The van der Waals surface area contributed by atoms with Gasteiger partial charge in [0.15, 0.2) is 0 Å². The van der Waals surface area contributed by atoms with E-state index in [1.165, 1.54) is 6.42 Å². The molecule has 5 heteroatoms. The van der Waals surface area contributed by atoms with E-state index in [1.54, 1.807) is 18.2 Å². The Hall–Kier alpha value is -1.07. The van der Waals surface area contributed by atoms with E-state index < -0.39 is 7.12 Å². The maximum Gasteiger partial charge on any atom is 0.508 e. The molecule has 0 aliphatic heterocycles. The summed E-state index contributed by atoms with van der Waals surface area (Å²) in [6.07, 6.45) is 3.59. The van der Waals surface area contributed by atoms with E-state index in [-0.39, 0.29) is 11.7 Å². The topological polar surface area (TPSA) is 62.6 Å². The lowest BCUT2D eigenvalue weighted by molar-refractivity contribution is 0.115. The maximum atomic E-state index is 8.89. The van der Waals surface area contributed by atoms with Crippen molar-refractivity contribution in [1.29, 1.82) is 0 Å². The van der Waals surface area contributed by atoms with Crippen molar-refractivity contribution in [3.05, 3.63) is 18.2 Å². The molecule has 0 spiro atoms. The Bertz CT molecular complexity index is 315. The van der Waals surface area contributed by atoms with E-state index in [1.807, 2.05) is 0 Å². The van der Waals surface area contributed by atoms with E-state index in [0.29, 0.717) is 5.88 Å². The number of hydrogen-bond acceptors (Lipinski definition) is 4. The summed E-state index contributed by atoms with van der Waals surface area (Å²) in [5.74, 6) is 0.473. The van der Waals surface area contributed by atoms with Crippen molar-refractivity contribution in [1.82, 2.24) is 4.98 Å². The largest absolute Gasteiger partial charge is 0.508 e. The average molecular weight is 193 g/mol. The smallest absolute Gasteiger partial charge is 0.474 e. The minimum atomic E-state index is -1.53. The second-order valence-electron chi connectivity index (χ2n) is 3.45. The van der Waals surface area contributed by atoms with Crippen LogP contribution >= 0.6 is 0 Å². The molecule has 74 valence electrons. The molecular weight excluding hydrogens is 181 g/mol. The third-order valence-corrected chi connectivity index (χ3v) is 2.35. The zero-order valence-corrected chi connectivity index (χ0v) is 7.76. The SMILES string of the molecule is OB(O)c1cccc(OC2CCC2)n1. The molecule has 1 fully saturated rings. The van der Waals surface area contributed by atoms with Gasteiger partial charge in [-0.2, -0.15) is 0 Å². The lowest BCUT2D eigenvalue weighted by Gasteiger charge is -2.25. The standard InChI is InChI=1S/C9H12BNO3/c12-10(13)8-5-2-6-9(11-8)14-7-3-1-4-7/h2,5-7,12-13H,1,3-4H2. The van der Waals surface area contributed by atoms with Crippen LogP contribution in [0.2, 0.25) is 0 Å². The molecule has 2 N–H and O–H groups in total. The van der Waals surface area contributed by atoms with Gasteiger partial charge in [0.25, 0.3) is 0 Å². The number of aromatic nitrogens is 1. The Morgan fingerprint density at radius 1 is 1.36 bits per heavy atom. The number of nitrogens with zero attached hydrogens (tertiary/aromatic N) is 1. The second kappa shape index (κ2) is 3.98. The zero-order chi connectivity index (χ0) is 9.97. The second-order valence-corrected chi connectivity index (χ2v) is 3.45. The van der Waals surface area contributed by atoms with Crippen molar-refractivity contribution in [3.63, 3.8) is 0 Å². The molecule has 0 radical (unpaired) electrons. The highest BCUT2D eigenvalue weighted by Crippen LogP contribution is 2.23. The molecule has 1 saturated carbocycles. The molecule has 1 aromatic heterocycles. The fourth-order valence-corrected chi connectivity index (χ4v) is 1.30. The fourth-order valence-electron chi connectivity index (χ4n) is 1.30. The first-order chi connectivity index (χ1) is 6.75. The van der Waals surface area contributed by atoms with Gasteiger partial charge in [0, 0.05) is 6.07 Å². The van der Waals surface area contributed by atoms with E-state index >= 15 is 0 Å². The molecular formula is C9H12BNO3. The van der Waals surface area contributed by atoms with Crippen LogP contribution in [-0.2, 0) is 0 Å². The molecule has 0 aromatic carbocycles. The van der Waals surface area contributed by atoms with Crippen molar-refractivity contribution < 1.29 is 14.8 Å². The zero-order valence-electron chi connectivity index (χ0n) is 7.76. The lowest BCUT2D eigenvalue weighted by Crippen LogP contribution is -2.33. The van der Waals surface area contributed by atoms with Crippen molar-refractivity contribution >= 4 is 12.7 Å². The third kappa shape index (κ3) is 2.05.